The van der Waals surface area contributed by atoms with Crippen LogP contribution in [0.25, 0.3) is 0 Å². The maximum Gasteiger partial charge on any atom is 0.220 e. The fourth-order valence-electron chi connectivity index (χ4n) is 3.17. The minimum atomic E-state index is 0.124. The molecule has 25 heavy (non-hydrogen) atoms. The molecule has 1 heterocycles. The Kier molecular flexibility index (Phi) is 8.93. The summed E-state index contributed by atoms with van der Waals surface area (Å²) in [5.74, 6) is 0.805. The predicted octanol–water partition coefficient (Wildman–Crippen LogP) is 3.63. The summed E-state index contributed by atoms with van der Waals surface area (Å²) < 4.78 is 6.88. The van der Waals surface area contributed by atoms with Crippen LogP contribution in [0.4, 0.5) is 0 Å². The van der Waals surface area contributed by atoms with Gasteiger partial charge in [0.15, 0.2) is 0 Å². The standard InChI is InChI=1S/C20H31BrN2O2/c1-16(2)14-23-11-12-25-19(15-23)13-22-20(24)6-4-3-5-17-7-9-18(21)10-8-17/h7-10,16,19H,3-6,11-15H2,1-2H3,(H,22,24). The molecular formula is C20H31BrN2O2. The molecule has 0 bridgehead atoms. The Bertz CT molecular complexity index is 519. The molecule has 4 nitrogen and oxygen atoms in total. The number of nitrogens with zero attached hydrogens (tertiary/aromatic N) is 1. The van der Waals surface area contributed by atoms with Crippen LogP contribution < -0.4 is 5.32 Å². The summed E-state index contributed by atoms with van der Waals surface area (Å²) in [6, 6.07) is 8.39. The van der Waals surface area contributed by atoms with Crippen LogP contribution in [0.5, 0.6) is 0 Å². The SMILES string of the molecule is CC(C)CN1CCOC(CNC(=O)CCCCc2ccc(Br)cc2)C1. The van der Waals surface area contributed by atoms with E-state index in [0.717, 1.165) is 50.0 Å². The van der Waals surface area contributed by atoms with Gasteiger partial charge in [-0.25, -0.2) is 0 Å². The van der Waals surface area contributed by atoms with Crippen molar-refractivity contribution in [1.29, 1.82) is 0 Å². The number of amides is 1. The van der Waals surface area contributed by atoms with Crippen molar-refractivity contribution in [3.63, 3.8) is 0 Å². The quantitative estimate of drug-likeness (QED) is 0.631. The van der Waals surface area contributed by atoms with Crippen molar-refractivity contribution in [2.24, 2.45) is 5.92 Å². The smallest absolute Gasteiger partial charge is 0.220 e. The molecule has 1 N–H and O–H groups in total. The van der Waals surface area contributed by atoms with Crippen LogP contribution >= 0.6 is 15.9 Å². The van der Waals surface area contributed by atoms with E-state index in [0.29, 0.717) is 18.9 Å². The van der Waals surface area contributed by atoms with Crippen molar-refractivity contribution < 1.29 is 9.53 Å². The van der Waals surface area contributed by atoms with Crippen LogP contribution in [-0.4, -0.2) is 49.7 Å². The Hall–Kier alpha value is -0.910. The first-order valence-corrected chi connectivity index (χ1v) is 10.2. The molecule has 1 aromatic carbocycles. The molecule has 5 heteroatoms. The summed E-state index contributed by atoms with van der Waals surface area (Å²) in [4.78, 5) is 14.4. The average Bonchev–Trinajstić information content (AvgIpc) is 2.58. The molecule has 1 unspecified atom stereocenters. The van der Waals surface area contributed by atoms with Crippen LogP contribution in [0.3, 0.4) is 0 Å². The summed E-state index contributed by atoms with van der Waals surface area (Å²) >= 11 is 3.45. The predicted molar refractivity (Wildman–Crippen MR) is 106 cm³/mol. The Morgan fingerprint density at radius 1 is 1.32 bits per heavy atom. The Labute approximate surface area is 160 Å². The van der Waals surface area contributed by atoms with Crippen molar-refractivity contribution in [2.45, 2.75) is 45.6 Å². The highest BCUT2D eigenvalue weighted by Crippen LogP contribution is 2.13. The highest BCUT2D eigenvalue weighted by molar-refractivity contribution is 9.10. The zero-order chi connectivity index (χ0) is 18.1. The monoisotopic (exact) mass is 410 g/mol. The third-order valence-corrected chi connectivity index (χ3v) is 4.93. The van der Waals surface area contributed by atoms with Gasteiger partial charge in [-0.3, -0.25) is 9.69 Å². The maximum absolute atomic E-state index is 12.0. The first-order chi connectivity index (χ1) is 12.0. The lowest BCUT2D eigenvalue weighted by molar-refractivity contribution is -0.122. The molecule has 1 saturated heterocycles. The second kappa shape index (κ2) is 10.9. The average molecular weight is 411 g/mol. The van der Waals surface area contributed by atoms with E-state index < -0.39 is 0 Å². The zero-order valence-electron chi connectivity index (χ0n) is 15.5. The number of halogens is 1. The van der Waals surface area contributed by atoms with Crippen molar-refractivity contribution >= 4 is 21.8 Å². The van der Waals surface area contributed by atoms with Crippen LogP contribution in [0, 0.1) is 5.92 Å². The minimum Gasteiger partial charge on any atom is -0.374 e. The van der Waals surface area contributed by atoms with Gasteiger partial charge in [-0.2, -0.15) is 0 Å². The van der Waals surface area contributed by atoms with E-state index in [4.69, 9.17) is 4.74 Å². The molecule has 0 aliphatic carbocycles. The highest BCUT2D eigenvalue weighted by atomic mass is 79.9. The molecule has 1 aliphatic rings. The van der Waals surface area contributed by atoms with E-state index in [1.54, 1.807) is 0 Å². The molecule has 2 rings (SSSR count). The van der Waals surface area contributed by atoms with Gasteiger partial charge in [0, 0.05) is 37.1 Å². The molecule has 1 aromatic rings. The fourth-order valence-corrected chi connectivity index (χ4v) is 3.43. The van der Waals surface area contributed by atoms with Gasteiger partial charge < -0.3 is 10.1 Å². The maximum atomic E-state index is 12.0. The number of rotatable bonds is 9. The van der Waals surface area contributed by atoms with E-state index in [1.165, 1.54) is 5.56 Å². The fraction of sp³-hybridized carbons (Fsp3) is 0.650. The zero-order valence-corrected chi connectivity index (χ0v) is 17.1. The summed E-state index contributed by atoms with van der Waals surface area (Å²) in [5.41, 5.74) is 1.32. The second-order valence-electron chi connectivity index (χ2n) is 7.28. The molecule has 0 spiro atoms. The third-order valence-electron chi connectivity index (χ3n) is 4.41. The van der Waals surface area contributed by atoms with E-state index in [1.807, 2.05) is 0 Å². The molecule has 1 aliphatic heterocycles. The van der Waals surface area contributed by atoms with Gasteiger partial charge in [-0.15, -0.1) is 0 Å². The van der Waals surface area contributed by atoms with Gasteiger partial charge in [-0.05, 0) is 42.9 Å². The topological polar surface area (TPSA) is 41.6 Å². The summed E-state index contributed by atoms with van der Waals surface area (Å²) in [7, 11) is 0. The second-order valence-corrected chi connectivity index (χ2v) is 8.20. The Morgan fingerprint density at radius 3 is 2.80 bits per heavy atom. The first-order valence-electron chi connectivity index (χ1n) is 9.38. The van der Waals surface area contributed by atoms with Crippen molar-refractivity contribution in [3.8, 4) is 0 Å². The number of unbranched alkanes of at least 4 members (excludes halogenated alkanes) is 1. The van der Waals surface area contributed by atoms with Crippen molar-refractivity contribution in [1.82, 2.24) is 10.2 Å². The summed E-state index contributed by atoms with van der Waals surface area (Å²) in [6.45, 7) is 8.88. The highest BCUT2D eigenvalue weighted by Gasteiger charge is 2.21. The Morgan fingerprint density at radius 2 is 2.08 bits per heavy atom. The van der Waals surface area contributed by atoms with Crippen LogP contribution in [0.1, 0.15) is 38.7 Å². The van der Waals surface area contributed by atoms with E-state index >= 15 is 0 Å². The number of nitrogens with one attached hydrogen (secondary N) is 1. The van der Waals surface area contributed by atoms with Gasteiger partial charge in [0.2, 0.25) is 5.91 Å². The van der Waals surface area contributed by atoms with Gasteiger partial charge in [0.1, 0.15) is 0 Å². The number of carbonyl (C=O) groups excluding carboxylic acids is 1. The third kappa shape index (κ3) is 8.34. The molecule has 140 valence electrons. The number of morpholine rings is 1. The van der Waals surface area contributed by atoms with Gasteiger partial charge in [0.25, 0.3) is 0 Å². The van der Waals surface area contributed by atoms with Gasteiger partial charge in [-0.1, -0.05) is 41.9 Å². The molecule has 0 aromatic heterocycles. The molecular weight excluding hydrogens is 380 g/mol. The number of hydrogen-bond acceptors (Lipinski definition) is 3. The largest absolute Gasteiger partial charge is 0.374 e. The number of carbonyl (C=O) groups is 1. The van der Waals surface area contributed by atoms with E-state index in [9.17, 15) is 4.79 Å². The van der Waals surface area contributed by atoms with Gasteiger partial charge in [0.05, 0.1) is 12.7 Å². The number of aryl methyl sites for hydroxylation is 1. The molecule has 1 fully saturated rings. The van der Waals surface area contributed by atoms with Crippen LogP contribution in [0.15, 0.2) is 28.7 Å². The molecule has 1 atom stereocenters. The van der Waals surface area contributed by atoms with Crippen molar-refractivity contribution in [2.75, 3.05) is 32.8 Å². The molecule has 0 saturated carbocycles. The first kappa shape index (κ1) is 20.4. The lowest BCUT2D eigenvalue weighted by Crippen LogP contribution is -2.48. The number of benzene rings is 1. The van der Waals surface area contributed by atoms with Crippen LogP contribution in [-0.2, 0) is 16.0 Å². The van der Waals surface area contributed by atoms with Crippen molar-refractivity contribution in [3.05, 3.63) is 34.3 Å². The van der Waals surface area contributed by atoms with Crippen LogP contribution in [0.2, 0.25) is 0 Å². The lowest BCUT2D eigenvalue weighted by Gasteiger charge is -2.33. The Balaban J connectivity index is 1.56. The summed E-state index contributed by atoms with van der Waals surface area (Å²) in [5, 5.41) is 3.04. The van der Waals surface area contributed by atoms with E-state index in [2.05, 4.69) is 64.3 Å². The molecule has 0 radical (unpaired) electrons. The van der Waals surface area contributed by atoms with Gasteiger partial charge >= 0.3 is 0 Å². The minimum absolute atomic E-state index is 0.124. The number of ether oxygens (including phenoxy) is 1. The van der Waals surface area contributed by atoms with E-state index in [-0.39, 0.29) is 12.0 Å². The lowest BCUT2D eigenvalue weighted by atomic mass is 10.1. The normalized spacial score (nSPS) is 18.5. The number of hydrogen-bond donors (Lipinski definition) is 1. The summed E-state index contributed by atoms with van der Waals surface area (Å²) in [6.07, 6.45) is 3.71. The molecule has 1 amide bonds.